The molecule has 1 heterocycles. The third-order valence-corrected chi connectivity index (χ3v) is 2.12. The molecular formula is C10H8ClN3. The molecule has 0 fully saturated rings. The lowest BCUT2D eigenvalue weighted by Crippen LogP contribution is -1.86. The molecule has 0 bridgehead atoms. The molecule has 0 aliphatic heterocycles. The van der Waals surface area contributed by atoms with Crippen molar-refractivity contribution in [3.8, 4) is 6.07 Å². The summed E-state index contributed by atoms with van der Waals surface area (Å²) in [6, 6.07) is 5.43. The highest BCUT2D eigenvalue weighted by Crippen LogP contribution is 2.28. The average Bonchev–Trinajstić information content (AvgIpc) is 2.26. The topological polar surface area (TPSA) is 49.0 Å². The highest BCUT2D eigenvalue weighted by Gasteiger charge is 2.08. The van der Waals surface area contributed by atoms with Crippen molar-refractivity contribution in [3.05, 3.63) is 29.6 Å². The molecule has 0 saturated carbocycles. The van der Waals surface area contributed by atoms with Gasteiger partial charge in [0.2, 0.25) is 0 Å². The van der Waals surface area contributed by atoms with E-state index in [1.54, 1.807) is 25.3 Å². The number of pyridine rings is 1. The first-order valence-corrected chi connectivity index (χ1v) is 4.27. The summed E-state index contributed by atoms with van der Waals surface area (Å²) in [7, 11) is 0. The molecule has 4 heteroatoms. The summed E-state index contributed by atoms with van der Waals surface area (Å²) in [6.45, 7) is 5.03. The van der Waals surface area contributed by atoms with E-state index in [1.807, 2.05) is 6.07 Å². The number of hydrogen-bond acceptors (Lipinski definition) is 3. The predicted molar refractivity (Wildman–Crippen MR) is 57.5 cm³/mol. The molecule has 0 amide bonds. The van der Waals surface area contributed by atoms with Gasteiger partial charge in [-0.25, -0.2) is 0 Å². The molecule has 3 nitrogen and oxygen atoms in total. The highest BCUT2D eigenvalue weighted by molar-refractivity contribution is 6.49. The average molecular weight is 206 g/mol. The first-order chi connectivity index (χ1) is 6.70. The second-order valence-corrected chi connectivity index (χ2v) is 2.96. The van der Waals surface area contributed by atoms with E-state index in [4.69, 9.17) is 16.9 Å². The molecule has 0 radical (unpaired) electrons. The SMILES string of the molecule is C=Nc1cccnc1/C(Cl)=C(\C)C#N. The fraction of sp³-hybridized carbons (Fsp3) is 0.100. The Labute approximate surface area is 87.4 Å². The zero-order valence-corrected chi connectivity index (χ0v) is 8.41. The van der Waals surface area contributed by atoms with Gasteiger partial charge < -0.3 is 0 Å². The Morgan fingerprint density at radius 1 is 1.71 bits per heavy atom. The van der Waals surface area contributed by atoms with Crippen LogP contribution in [0.5, 0.6) is 0 Å². The van der Waals surface area contributed by atoms with E-state index in [0.717, 1.165) is 0 Å². The van der Waals surface area contributed by atoms with Crippen molar-refractivity contribution in [1.29, 1.82) is 5.26 Å². The Kier molecular flexibility index (Phi) is 3.38. The van der Waals surface area contributed by atoms with Crippen LogP contribution in [0.1, 0.15) is 12.6 Å². The van der Waals surface area contributed by atoms with Crippen molar-refractivity contribution < 1.29 is 0 Å². The first kappa shape index (κ1) is 10.4. The standard InChI is InChI=1S/C10H8ClN3/c1-7(6-12)9(11)10-8(13-2)4-3-5-14-10/h3-5H,2H2,1H3/b9-7-. The van der Waals surface area contributed by atoms with Crippen LogP contribution in [-0.2, 0) is 0 Å². The second-order valence-electron chi connectivity index (χ2n) is 2.58. The van der Waals surface area contributed by atoms with E-state index in [2.05, 4.69) is 16.7 Å². The number of hydrogen-bond donors (Lipinski definition) is 0. The van der Waals surface area contributed by atoms with Crippen molar-refractivity contribution in [2.24, 2.45) is 4.99 Å². The Balaban J connectivity index is 3.34. The lowest BCUT2D eigenvalue weighted by Gasteiger charge is -2.02. The molecule has 0 spiro atoms. The van der Waals surface area contributed by atoms with Gasteiger partial charge in [0.15, 0.2) is 0 Å². The molecule has 70 valence electrons. The van der Waals surface area contributed by atoms with E-state index < -0.39 is 0 Å². The lowest BCUT2D eigenvalue weighted by atomic mass is 10.2. The molecule has 0 N–H and O–H groups in total. The zero-order chi connectivity index (χ0) is 10.6. The van der Waals surface area contributed by atoms with Crippen LogP contribution in [0.2, 0.25) is 0 Å². The number of aliphatic imine (C=N–C) groups is 1. The monoisotopic (exact) mass is 205 g/mol. The van der Waals surface area contributed by atoms with Gasteiger partial charge in [-0.2, -0.15) is 5.26 Å². The van der Waals surface area contributed by atoms with Crippen LogP contribution >= 0.6 is 11.6 Å². The minimum Gasteiger partial charge on any atom is -0.262 e. The highest BCUT2D eigenvalue weighted by atomic mass is 35.5. The number of aromatic nitrogens is 1. The fourth-order valence-corrected chi connectivity index (χ4v) is 1.11. The maximum Gasteiger partial charge on any atom is 0.108 e. The number of rotatable bonds is 2. The second kappa shape index (κ2) is 4.54. The first-order valence-electron chi connectivity index (χ1n) is 3.89. The van der Waals surface area contributed by atoms with E-state index >= 15 is 0 Å². The van der Waals surface area contributed by atoms with Crippen molar-refractivity contribution in [3.63, 3.8) is 0 Å². The molecule has 1 rings (SSSR count). The molecule has 14 heavy (non-hydrogen) atoms. The van der Waals surface area contributed by atoms with Gasteiger partial charge in [0.25, 0.3) is 0 Å². The summed E-state index contributed by atoms with van der Waals surface area (Å²) in [5, 5.41) is 8.98. The Morgan fingerprint density at radius 3 is 3.00 bits per heavy atom. The van der Waals surface area contributed by atoms with Crippen LogP contribution in [0.3, 0.4) is 0 Å². The van der Waals surface area contributed by atoms with Crippen LogP contribution in [0.25, 0.3) is 5.03 Å². The molecule has 0 aromatic carbocycles. The molecule has 0 unspecified atom stereocenters. The summed E-state index contributed by atoms with van der Waals surface area (Å²) >= 11 is 5.95. The van der Waals surface area contributed by atoms with Crippen molar-refractivity contribution in [1.82, 2.24) is 4.98 Å². The van der Waals surface area contributed by atoms with Gasteiger partial charge in [-0.3, -0.25) is 9.98 Å². The molecule has 1 aromatic heterocycles. The number of halogens is 1. The maximum atomic E-state index is 8.66. The van der Waals surface area contributed by atoms with Crippen molar-refractivity contribution in [2.75, 3.05) is 0 Å². The predicted octanol–water partition coefficient (Wildman–Crippen LogP) is 2.91. The Bertz CT molecular complexity index is 429. The Morgan fingerprint density at radius 2 is 2.43 bits per heavy atom. The molecular weight excluding hydrogens is 198 g/mol. The molecule has 0 aliphatic rings. The smallest absolute Gasteiger partial charge is 0.108 e. The molecule has 0 saturated heterocycles. The number of nitrogens with zero attached hydrogens (tertiary/aromatic N) is 3. The number of nitriles is 1. The van der Waals surface area contributed by atoms with Crippen LogP contribution in [-0.4, -0.2) is 11.7 Å². The third kappa shape index (κ3) is 1.98. The summed E-state index contributed by atoms with van der Waals surface area (Å²) in [5.74, 6) is 0. The van der Waals surface area contributed by atoms with Gasteiger partial charge >= 0.3 is 0 Å². The van der Waals surface area contributed by atoms with E-state index in [9.17, 15) is 0 Å². The van der Waals surface area contributed by atoms with Crippen molar-refractivity contribution >= 4 is 29.0 Å². The van der Waals surface area contributed by atoms with Gasteiger partial charge in [-0.05, 0) is 25.8 Å². The van der Waals surface area contributed by atoms with E-state index in [-0.39, 0.29) is 0 Å². The minimum atomic E-state index is 0.315. The molecule has 0 atom stereocenters. The van der Waals surface area contributed by atoms with Crippen LogP contribution in [0.4, 0.5) is 5.69 Å². The van der Waals surface area contributed by atoms with Gasteiger partial charge in [-0.15, -0.1) is 0 Å². The molecule has 0 aliphatic carbocycles. The Hall–Kier alpha value is -1.66. The zero-order valence-electron chi connectivity index (χ0n) is 7.66. The summed E-state index contributed by atoms with van der Waals surface area (Å²) in [6.07, 6.45) is 1.59. The van der Waals surface area contributed by atoms with Crippen molar-refractivity contribution in [2.45, 2.75) is 6.92 Å². The fourth-order valence-electron chi connectivity index (χ4n) is 0.920. The van der Waals surface area contributed by atoms with E-state index in [0.29, 0.717) is 22.0 Å². The summed E-state index contributed by atoms with van der Waals surface area (Å²) < 4.78 is 0. The normalized spacial score (nSPS) is 11.5. The van der Waals surface area contributed by atoms with Crippen LogP contribution in [0.15, 0.2) is 28.9 Å². The van der Waals surface area contributed by atoms with Crippen LogP contribution in [0, 0.1) is 11.3 Å². The van der Waals surface area contributed by atoms with Gasteiger partial charge in [0.1, 0.15) is 5.69 Å². The minimum absolute atomic E-state index is 0.315. The third-order valence-electron chi connectivity index (χ3n) is 1.66. The largest absolute Gasteiger partial charge is 0.262 e. The van der Waals surface area contributed by atoms with E-state index in [1.165, 1.54) is 0 Å². The maximum absolute atomic E-state index is 8.66. The van der Waals surface area contributed by atoms with Gasteiger partial charge in [-0.1, -0.05) is 11.6 Å². The lowest BCUT2D eigenvalue weighted by molar-refractivity contribution is 1.26. The van der Waals surface area contributed by atoms with Gasteiger partial charge in [0, 0.05) is 11.8 Å². The quantitative estimate of drug-likeness (QED) is 0.551. The summed E-state index contributed by atoms with van der Waals surface area (Å²) in [5.41, 5.74) is 1.48. The summed E-state index contributed by atoms with van der Waals surface area (Å²) in [4.78, 5) is 7.81. The molecule has 1 aromatic rings. The van der Waals surface area contributed by atoms with Crippen LogP contribution < -0.4 is 0 Å². The number of allylic oxidation sites excluding steroid dienone is 1. The van der Waals surface area contributed by atoms with Gasteiger partial charge in [0.05, 0.1) is 16.8 Å².